The molecular formula is C36H42BrN3O6. The maximum Gasteiger partial charge on any atom is 0.379 e. The molecule has 3 heterocycles. The number of nitrogens with zero attached hydrogens (tertiary/aromatic N) is 3. The zero-order valence-corrected chi connectivity index (χ0v) is 28.8. The molecule has 4 aromatic rings. The highest BCUT2D eigenvalue weighted by Gasteiger charge is 2.35. The molecule has 2 aromatic carbocycles. The summed E-state index contributed by atoms with van der Waals surface area (Å²) in [7, 11) is 1.23. The van der Waals surface area contributed by atoms with Crippen LogP contribution in [0.4, 0.5) is 5.82 Å². The summed E-state index contributed by atoms with van der Waals surface area (Å²) in [4.78, 5) is 33.2. The number of imidazole rings is 1. The number of aryl methyl sites for hydroxylation is 1. The molecule has 0 bridgehead atoms. The van der Waals surface area contributed by atoms with E-state index >= 15 is 0 Å². The van der Waals surface area contributed by atoms with E-state index in [0.717, 1.165) is 45.3 Å². The van der Waals surface area contributed by atoms with Crippen molar-refractivity contribution in [1.82, 2.24) is 9.38 Å². The average Bonchev–Trinajstić information content (AvgIpc) is 3.51. The van der Waals surface area contributed by atoms with Crippen molar-refractivity contribution in [2.45, 2.75) is 58.8 Å². The first-order valence-corrected chi connectivity index (χ1v) is 16.4. The Hall–Kier alpha value is -3.57. The molecule has 0 amide bonds. The SMILES string of the molecule is COC(=O)C(=O)c1c(C)c(C)c2nc(-c3cccc(Br)c3)cn2c1N1CCC(C)(OCCOC[C@@H](C)OCc2ccccc2)CC1. The fourth-order valence-electron chi connectivity index (χ4n) is 5.81. The number of carbonyl (C=O) groups is 2. The number of Topliss-reactive ketones (excluding diaryl/α,β-unsaturated/α-hetero) is 1. The smallest absolute Gasteiger partial charge is 0.379 e. The van der Waals surface area contributed by atoms with Gasteiger partial charge in [-0.2, -0.15) is 0 Å². The van der Waals surface area contributed by atoms with Crippen LogP contribution in [0.5, 0.6) is 0 Å². The number of benzene rings is 2. The van der Waals surface area contributed by atoms with E-state index in [1.165, 1.54) is 7.11 Å². The van der Waals surface area contributed by atoms with Crippen molar-refractivity contribution in [2.75, 3.05) is 44.9 Å². The lowest BCUT2D eigenvalue weighted by molar-refractivity contribution is -0.135. The number of halogens is 1. The minimum Gasteiger partial charge on any atom is -0.463 e. The summed E-state index contributed by atoms with van der Waals surface area (Å²) in [6, 6.07) is 18.0. The van der Waals surface area contributed by atoms with Gasteiger partial charge >= 0.3 is 5.97 Å². The molecule has 0 saturated carbocycles. The molecule has 0 spiro atoms. The van der Waals surface area contributed by atoms with Gasteiger partial charge < -0.3 is 23.8 Å². The topological polar surface area (TPSA) is 91.6 Å². The molecule has 0 unspecified atom stereocenters. The molecule has 1 atom stereocenters. The number of ether oxygens (including phenoxy) is 4. The minimum absolute atomic E-state index is 0.0252. The minimum atomic E-state index is -0.889. The van der Waals surface area contributed by atoms with Gasteiger partial charge in [-0.25, -0.2) is 9.78 Å². The summed E-state index contributed by atoms with van der Waals surface area (Å²) in [5.41, 5.74) is 5.15. The number of hydrogen-bond donors (Lipinski definition) is 0. The summed E-state index contributed by atoms with van der Waals surface area (Å²) in [5.74, 6) is -0.904. The second-order valence-electron chi connectivity index (χ2n) is 12.1. The van der Waals surface area contributed by atoms with Crippen LogP contribution in [0.15, 0.2) is 65.3 Å². The van der Waals surface area contributed by atoms with Gasteiger partial charge in [0.15, 0.2) is 0 Å². The van der Waals surface area contributed by atoms with Gasteiger partial charge in [0.05, 0.1) is 56.5 Å². The van der Waals surface area contributed by atoms with Gasteiger partial charge in [0.1, 0.15) is 11.5 Å². The maximum absolute atomic E-state index is 13.5. The van der Waals surface area contributed by atoms with Gasteiger partial charge in [-0.1, -0.05) is 58.4 Å². The quantitative estimate of drug-likeness (QED) is 0.0660. The highest BCUT2D eigenvalue weighted by Crippen LogP contribution is 2.36. The number of esters is 1. The number of carbonyl (C=O) groups excluding carboxylic acids is 2. The third kappa shape index (κ3) is 7.69. The van der Waals surface area contributed by atoms with Crippen LogP contribution in [-0.4, -0.2) is 72.9 Å². The standard InChI is InChI=1S/C36H42BrN3O6/c1-24(45-23-27-10-7-6-8-11-27)22-44-18-19-46-36(4)14-16-39(17-15-36)34-31(32(41)35(42)43-5)25(2)26(3)33-38-30(21-40(33)34)28-12-9-13-29(37)20-28/h6-13,20-21,24H,14-19,22-23H2,1-5H3/t24-/m1/s1. The predicted molar refractivity (Wildman–Crippen MR) is 181 cm³/mol. The normalized spacial score (nSPS) is 15.2. The van der Waals surface area contributed by atoms with Crippen molar-refractivity contribution >= 4 is 39.1 Å². The van der Waals surface area contributed by atoms with Gasteiger partial charge in [0.25, 0.3) is 5.78 Å². The van der Waals surface area contributed by atoms with Crippen molar-refractivity contribution in [2.24, 2.45) is 0 Å². The third-order valence-electron chi connectivity index (χ3n) is 8.68. The molecular weight excluding hydrogens is 650 g/mol. The molecule has 46 heavy (non-hydrogen) atoms. The molecule has 0 N–H and O–H groups in total. The molecule has 9 nitrogen and oxygen atoms in total. The average molecular weight is 693 g/mol. The summed E-state index contributed by atoms with van der Waals surface area (Å²) in [6.07, 6.45) is 3.38. The number of hydrogen-bond acceptors (Lipinski definition) is 8. The number of ketones is 1. The second kappa shape index (κ2) is 14.9. The second-order valence-corrected chi connectivity index (χ2v) is 13.0. The zero-order valence-electron chi connectivity index (χ0n) is 27.2. The first-order valence-electron chi connectivity index (χ1n) is 15.6. The van der Waals surface area contributed by atoms with Gasteiger partial charge in [-0.15, -0.1) is 0 Å². The van der Waals surface area contributed by atoms with Gasteiger partial charge in [0.2, 0.25) is 0 Å². The Morgan fingerprint density at radius 1 is 1.02 bits per heavy atom. The number of aromatic nitrogens is 2. The number of piperidine rings is 1. The van der Waals surface area contributed by atoms with Crippen LogP contribution in [0.1, 0.15) is 53.7 Å². The highest BCUT2D eigenvalue weighted by molar-refractivity contribution is 9.10. The van der Waals surface area contributed by atoms with Crippen LogP contribution in [0, 0.1) is 13.8 Å². The van der Waals surface area contributed by atoms with E-state index in [2.05, 4.69) is 27.8 Å². The zero-order chi connectivity index (χ0) is 32.8. The van der Waals surface area contributed by atoms with Crippen molar-refractivity contribution in [1.29, 1.82) is 0 Å². The number of fused-ring (bicyclic) bond motifs is 1. The molecule has 2 aromatic heterocycles. The Labute approximate surface area is 278 Å². The van der Waals surface area contributed by atoms with Crippen molar-refractivity contribution < 1.29 is 28.5 Å². The molecule has 0 radical (unpaired) electrons. The van der Waals surface area contributed by atoms with Crippen LogP contribution >= 0.6 is 15.9 Å². The summed E-state index contributed by atoms with van der Waals surface area (Å²) >= 11 is 3.55. The monoisotopic (exact) mass is 691 g/mol. The van der Waals surface area contributed by atoms with E-state index in [9.17, 15) is 9.59 Å². The van der Waals surface area contributed by atoms with E-state index < -0.39 is 11.8 Å². The summed E-state index contributed by atoms with van der Waals surface area (Å²) in [6.45, 7) is 11.2. The number of pyridine rings is 1. The van der Waals surface area contributed by atoms with E-state index in [1.54, 1.807) is 0 Å². The molecule has 1 aliphatic heterocycles. The summed E-state index contributed by atoms with van der Waals surface area (Å²) < 4.78 is 25.9. The molecule has 1 aliphatic rings. The fourth-order valence-corrected chi connectivity index (χ4v) is 6.21. The number of rotatable bonds is 13. The third-order valence-corrected chi connectivity index (χ3v) is 9.17. The van der Waals surface area contributed by atoms with E-state index in [0.29, 0.717) is 56.5 Å². The number of methoxy groups -OCH3 is 1. The van der Waals surface area contributed by atoms with Crippen LogP contribution in [0.25, 0.3) is 16.9 Å². The Kier molecular flexibility index (Phi) is 10.9. The van der Waals surface area contributed by atoms with E-state index in [1.807, 2.05) is 86.0 Å². The fraction of sp³-hybridized carbons (Fsp3) is 0.417. The van der Waals surface area contributed by atoms with Crippen molar-refractivity contribution in [3.8, 4) is 11.3 Å². The lowest BCUT2D eigenvalue weighted by Crippen LogP contribution is -2.46. The Balaban J connectivity index is 1.27. The van der Waals surface area contributed by atoms with E-state index in [-0.39, 0.29) is 11.7 Å². The van der Waals surface area contributed by atoms with Crippen LogP contribution in [0.3, 0.4) is 0 Å². The first-order chi connectivity index (χ1) is 22.1. The molecule has 0 aliphatic carbocycles. The van der Waals surface area contributed by atoms with Crippen LogP contribution in [-0.2, 0) is 30.3 Å². The Morgan fingerprint density at radius 3 is 2.46 bits per heavy atom. The molecule has 1 fully saturated rings. The van der Waals surface area contributed by atoms with Gasteiger partial charge in [-0.3, -0.25) is 9.20 Å². The van der Waals surface area contributed by atoms with E-state index in [4.69, 9.17) is 23.9 Å². The highest BCUT2D eigenvalue weighted by atomic mass is 79.9. The predicted octanol–water partition coefficient (Wildman–Crippen LogP) is 6.73. The Bertz CT molecular complexity index is 1680. The number of anilines is 1. The van der Waals surface area contributed by atoms with Crippen LogP contribution in [0.2, 0.25) is 0 Å². The van der Waals surface area contributed by atoms with Crippen LogP contribution < -0.4 is 4.90 Å². The molecule has 1 saturated heterocycles. The summed E-state index contributed by atoms with van der Waals surface area (Å²) in [5, 5.41) is 0. The largest absolute Gasteiger partial charge is 0.463 e. The molecule has 10 heteroatoms. The van der Waals surface area contributed by atoms with Crippen molar-refractivity contribution in [3.05, 3.63) is 87.5 Å². The van der Waals surface area contributed by atoms with Gasteiger partial charge in [0, 0.05) is 29.3 Å². The Morgan fingerprint density at radius 2 is 1.76 bits per heavy atom. The lowest BCUT2D eigenvalue weighted by atomic mass is 9.92. The van der Waals surface area contributed by atoms with Gasteiger partial charge in [-0.05, 0) is 69.4 Å². The lowest BCUT2D eigenvalue weighted by Gasteiger charge is -2.41. The molecule has 244 valence electrons. The first kappa shape index (κ1) is 33.8. The van der Waals surface area contributed by atoms with Crippen molar-refractivity contribution in [3.63, 3.8) is 0 Å². The maximum atomic E-state index is 13.5. The molecule has 5 rings (SSSR count).